The Balaban J connectivity index is 2.99. The van der Waals surface area contributed by atoms with Gasteiger partial charge in [0, 0.05) is 6.54 Å². The van der Waals surface area contributed by atoms with E-state index in [0.29, 0.717) is 13.0 Å². The minimum atomic E-state index is -3.67. The van der Waals surface area contributed by atoms with Crippen LogP contribution in [0.1, 0.15) is 39.5 Å². The summed E-state index contributed by atoms with van der Waals surface area (Å²) in [5.41, 5.74) is 0.282. The zero-order valence-electron chi connectivity index (χ0n) is 13.9. The number of nitrogens with zero attached hydrogens (tertiary/aromatic N) is 1. The van der Waals surface area contributed by atoms with Gasteiger partial charge in [-0.1, -0.05) is 26.7 Å². The van der Waals surface area contributed by atoms with Crippen molar-refractivity contribution in [3.05, 3.63) is 30.1 Å². The number of amides is 1. The number of carbonyl (C=O) groups excluding carboxylic acids is 1. The lowest BCUT2D eigenvalue weighted by atomic mass is 10.2. The smallest absolute Gasteiger partial charge is 0.243 e. The molecular formula is C16H25FN2O3S. The summed E-state index contributed by atoms with van der Waals surface area (Å²) in [5, 5.41) is 2.78. The van der Waals surface area contributed by atoms with Crippen LogP contribution in [-0.2, 0) is 14.8 Å². The standard InChI is InChI=1S/C16H25FN2O3S/c1-4-6-7-12-18-16(20)15(5-2)19(23(3,21)22)14-10-8-13(17)9-11-14/h8-11,15H,4-7,12H2,1-3H3,(H,18,20). The maximum atomic E-state index is 13.1. The third-order valence-electron chi connectivity index (χ3n) is 3.49. The number of hydrogen-bond donors (Lipinski definition) is 1. The Morgan fingerprint density at radius 1 is 1.22 bits per heavy atom. The summed E-state index contributed by atoms with van der Waals surface area (Å²) < 4.78 is 38.4. The summed E-state index contributed by atoms with van der Waals surface area (Å²) in [6, 6.07) is 4.24. The Morgan fingerprint density at radius 3 is 2.30 bits per heavy atom. The SMILES string of the molecule is CCCCCNC(=O)C(CC)N(c1ccc(F)cc1)S(C)(=O)=O. The summed E-state index contributed by atoms with van der Waals surface area (Å²) in [5.74, 6) is -0.794. The second kappa shape index (κ2) is 8.86. The van der Waals surface area contributed by atoms with Crippen molar-refractivity contribution in [3.8, 4) is 0 Å². The van der Waals surface area contributed by atoms with Gasteiger partial charge in [0.25, 0.3) is 0 Å². The van der Waals surface area contributed by atoms with Crippen molar-refractivity contribution in [1.82, 2.24) is 5.32 Å². The molecule has 1 aromatic rings. The number of benzene rings is 1. The molecule has 0 bridgehead atoms. The highest BCUT2D eigenvalue weighted by Crippen LogP contribution is 2.22. The highest BCUT2D eigenvalue weighted by molar-refractivity contribution is 7.92. The predicted molar refractivity (Wildman–Crippen MR) is 90.3 cm³/mol. The number of sulfonamides is 1. The molecule has 0 aliphatic rings. The molecule has 1 rings (SSSR count). The molecule has 5 nitrogen and oxygen atoms in total. The van der Waals surface area contributed by atoms with E-state index < -0.39 is 21.9 Å². The Morgan fingerprint density at radius 2 is 1.83 bits per heavy atom. The summed E-state index contributed by atoms with van der Waals surface area (Å²) >= 11 is 0. The first kappa shape index (κ1) is 19.4. The minimum absolute atomic E-state index is 0.282. The number of hydrogen-bond acceptors (Lipinski definition) is 3. The molecule has 0 aliphatic carbocycles. The second-order valence-corrected chi connectivity index (χ2v) is 7.32. The molecule has 130 valence electrons. The van der Waals surface area contributed by atoms with E-state index in [1.165, 1.54) is 24.3 Å². The molecule has 0 saturated carbocycles. The number of carbonyl (C=O) groups is 1. The summed E-state index contributed by atoms with van der Waals surface area (Å²) in [7, 11) is -3.67. The van der Waals surface area contributed by atoms with Crippen molar-refractivity contribution in [1.29, 1.82) is 0 Å². The van der Waals surface area contributed by atoms with Crippen LogP contribution in [0.5, 0.6) is 0 Å². The van der Waals surface area contributed by atoms with Gasteiger partial charge in [-0.3, -0.25) is 9.10 Å². The summed E-state index contributed by atoms with van der Waals surface area (Å²) in [4.78, 5) is 12.4. The lowest BCUT2D eigenvalue weighted by molar-refractivity contribution is -0.122. The molecule has 1 N–H and O–H groups in total. The van der Waals surface area contributed by atoms with E-state index >= 15 is 0 Å². The number of nitrogens with one attached hydrogen (secondary N) is 1. The van der Waals surface area contributed by atoms with Crippen molar-refractivity contribution >= 4 is 21.6 Å². The second-order valence-electron chi connectivity index (χ2n) is 5.46. The van der Waals surface area contributed by atoms with Crippen molar-refractivity contribution in [3.63, 3.8) is 0 Å². The van der Waals surface area contributed by atoms with Crippen molar-refractivity contribution < 1.29 is 17.6 Å². The Hall–Kier alpha value is -1.63. The van der Waals surface area contributed by atoms with Gasteiger partial charge in [0.15, 0.2) is 0 Å². The van der Waals surface area contributed by atoms with E-state index in [2.05, 4.69) is 12.2 Å². The van der Waals surface area contributed by atoms with E-state index in [9.17, 15) is 17.6 Å². The highest BCUT2D eigenvalue weighted by Gasteiger charge is 2.31. The zero-order chi connectivity index (χ0) is 17.5. The minimum Gasteiger partial charge on any atom is -0.354 e. The molecule has 0 saturated heterocycles. The zero-order valence-corrected chi connectivity index (χ0v) is 14.7. The van der Waals surface area contributed by atoms with Crippen LogP contribution in [0, 0.1) is 5.82 Å². The summed E-state index contributed by atoms with van der Waals surface area (Å²) in [6.45, 7) is 4.33. The lowest BCUT2D eigenvalue weighted by Crippen LogP contribution is -2.49. The number of rotatable bonds is 9. The monoisotopic (exact) mass is 344 g/mol. The first-order valence-electron chi connectivity index (χ1n) is 7.84. The van der Waals surface area contributed by atoms with Gasteiger partial charge < -0.3 is 5.32 Å². The van der Waals surface area contributed by atoms with Gasteiger partial charge in [0.05, 0.1) is 11.9 Å². The number of unbranched alkanes of at least 4 members (excludes halogenated alkanes) is 2. The van der Waals surface area contributed by atoms with E-state index in [4.69, 9.17) is 0 Å². The molecule has 0 spiro atoms. The average molecular weight is 344 g/mol. The molecule has 0 fully saturated rings. The van der Waals surface area contributed by atoms with Crippen LogP contribution in [0.4, 0.5) is 10.1 Å². The van der Waals surface area contributed by atoms with E-state index in [-0.39, 0.29) is 11.6 Å². The van der Waals surface area contributed by atoms with Gasteiger partial charge >= 0.3 is 0 Å². The third-order valence-corrected chi connectivity index (χ3v) is 4.67. The van der Waals surface area contributed by atoms with E-state index in [1.807, 2.05) is 0 Å². The quantitative estimate of drug-likeness (QED) is 0.701. The fourth-order valence-corrected chi connectivity index (χ4v) is 3.56. The van der Waals surface area contributed by atoms with Crippen LogP contribution in [0.3, 0.4) is 0 Å². The highest BCUT2D eigenvalue weighted by atomic mass is 32.2. The van der Waals surface area contributed by atoms with Gasteiger partial charge in [0.2, 0.25) is 15.9 Å². The fourth-order valence-electron chi connectivity index (χ4n) is 2.35. The first-order valence-corrected chi connectivity index (χ1v) is 9.68. The molecule has 1 aromatic carbocycles. The van der Waals surface area contributed by atoms with Crippen LogP contribution in [0.15, 0.2) is 24.3 Å². The van der Waals surface area contributed by atoms with Crippen molar-refractivity contribution in [2.24, 2.45) is 0 Å². The fraction of sp³-hybridized carbons (Fsp3) is 0.562. The predicted octanol–water partition coefficient (Wildman–Crippen LogP) is 2.68. The van der Waals surface area contributed by atoms with Gasteiger partial charge in [-0.15, -0.1) is 0 Å². The lowest BCUT2D eigenvalue weighted by Gasteiger charge is -2.30. The van der Waals surface area contributed by atoms with Crippen molar-refractivity contribution in [2.45, 2.75) is 45.6 Å². The van der Waals surface area contributed by atoms with Gasteiger partial charge in [-0.05, 0) is 37.1 Å². The summed E-state index contributed by atoms with van der Waals surface area (Å²) in [6.07, 6.45) is 4.27. The topological polar surface area (TPSA) is 66.5 Å². The van der Waals surface area contributed by atoms with E-state index in [1.54, 1.807) is 6.92 Å². The molecule has 1 amide bonds. The Bertz CT molecular complexity index is 602. The number of anilines is 1. The molecule has 1 unspecified atom stereocenters. The Kier molecular flexibility index (Phi) is 7.48. The van der Waals surface area contributed by atoms with Crippen LogP contribution < -0.4 is 9.62 Å². The third kappa shape index (κ3) is 5.82. The normalized spacial score (nSPS) is 12.7. The molecule has 0 aliphatic heterocycles. The maximum Gasteiger partial charge on any atom is 0.243 e. The molecule has 1 atom stereocenters. The van der Waals surface area contributed by atoms with Crippen LogP contribution in [0.25, 0.3) is 0 Å². The van der Waals surface area contributed by atoms with Gasteiger partial charge in [-0.2, -0.15) is 0 Å². The molecule has 23 heavy (non-hydrogen) atoms. The molecule has 0 aromatic heterocycles. The average Bonchev–Trinajstić information content (AvgIpc) is 2.49. The molecule has 0 radical (unpaired) electrons. The molecule has 0 heterocycles. The Labute approximate surface area is 137 Å². The molecule has 7 heteroatoms. The van der Waals surface area contributed by atoms with Crippen LogP contribution in [-0.4, -0.2) is 33.2 Å². The van der Waals surface area contributed by atoms with Crippen molar-refractivity contribution in [2.75, 3.05) is 17.1 Å². The number of halogens is 1. The van der Waals surface area contributed by atoms with Crippen LogP contribution >= 0.6 is 0 Å². The molecular weight excluding hydrogens is 319 g/mol. The van der Waals surface area contributed by atoms with Gasteiger partial charge in [-0.25, -0.2) is 12.8 Å². The van der Waals surface area contributed by atoms with Crippen LogP contribution in [0.2, 0.25) is 0 Å². The first-order chi connectivity index (χ1) is 10.8. The largest absolute Gasteiger partial charge is 0.354 e. The maximum absolute atomic E-state index is 13.1. The van der Waals surface area contributed by atoms with Gasteiger partial charge in [0.1, 0.15) is 11.9 Å². The van der Waals surface area contributed by atoms with E-state index in [0.717, 1.165) is 29.8 Å².